The lowest BCUT2D eigenvalue weighted by Crippen LogP contribution is -2.15. The first-order valence-corrected chi connectivity index (χ1v) is 12.3. The number of aryl methyl sites for hydroxylation is 2. The lowest BCUT2D eigenvalue weighted by atomic mass is 10.1. The molecule has 0 aliphatic carbocycles. The van der Waals surface area contributed by atoms with Crippen LogP contribution in [0, 0.1) is 13.8 Å². The van der Waals surface area contributed by atoms with Crippen LogP contribution in [0.15, 0.2) is 76.0 Å². The zero-order chi connectivity index (χ0) is 25.0. The first-order valence-electron chi connectivity index (χ1n) is 10.4. The highest BCUT2D eigenvalue weighted by molar-refractivity contribution is 7.92. The molecule has 0 aliphatic heterocycles. The number of anilines is 2. The van der Waals surface area contributed by atoms with Crippen molar-refractivity contribution < 1.29 is 22.4 Å². The number of nitrogens with one attached hydrogen (secondary N) is 2. The zero-order valence-electron chi connectivity index (χ0n) is 18.8. The van der Waals surface area contributed by atoms with E-state index in [1.807, 2.05) is 32.0 Å². The SMILES string of the molecule is Cc1cccc(C)c1OCc1ccc(C(=O)Nc2ccc(S(=O)(=O)Nc3ccc(Cl)nn3)cc2)o1. The fraction of sp³-hybridized carbons (Fsp3) is 0.125. The maximum Gasteiger partial charge on any atom is 0.291 e. The van der Waals surface area contributed by atoms with Gasteiger partial charge in [0.1, 0.15) is 18.1 Å². The largest absolute Gasteiger partial charge is 0.485 e. The van der Waals surface area contributed by atoms with Crippen molar-refractivity contribution in [1.82, 2.24) is 10.2 Å². The van der Waals surface area contributed by atoms with Gasteiger partial charge in [-0.15, -0.1) is 10.2 Å². The van der Waals surface area contributed by atoms with Crippen LogP contribution in [0.1, 0.15) is 27.4 Å². The number of halogens is 1. The lowest BCUT2D eigenvalue weighted by Gasteiger charge is -2.10. The fourth-order valence-electron chi connectivity index (χ4n) is 3.22. The standard InChI is InChI=1S/C24H21ClN4O5S/c1-15-4-3-5-16(2)23(15)33-14-18-8-11-20(34-18)24(30)26-17-6-9-19(10-7-17)35(31,32)29-22-13-12-21(25)27-28-22/h3-13H,14H2,1-2H3,(H,26,30)(H,28,29). The Bertz CT molecular complexity index is 1430. The molecule has 0 radical (unpaired) electrons. The lowest BCUT2D eigenvalue weighted by molar-refractivity contribution is 0.0992. The maximum absolute atomic E-state index is 12.6. The monoisotopic (exact) mass is 512 g/mol. The third kappa shape index (κ3) is 5.97. The van der Waals surface area contributed by atoms with Crippen LogP contribution in [0.25, 0.3) is 0 Å². The van der Waals surface area contributed by atoms with Crippen molar-refractivity contribution in [2.24, 2.45) is 0 Å². The minimum absolute atomic E-state index is 0.0174. The highest BCUT2D eigenvalue weighted by Crippen LogP contribution is 2.24. The number of carbonyl (C=O) groups excluding carboxylic acids is 1. The summed E-state index contributed by atoms with van der Waals surface area (Å²) >= 11 is 5.66. The normalized spacial score (nSPS) is 11.2. The molecule has 11 heteroatoms. The third-order valence-electron chi connectivity index (χ3n) is 4.95. The van der Waals surface area contributed by atoms with Gasteiger partial charge in [-0.05, 0) is 73.5 Å². The Hall–Kier alpha value is -3.89. The molecule has 0 atom stereocenters. The average molecular weight is 513 g/mol. The summed E-state index contributed by atoms with van der Waals surface area (Å²) in [5.74, 6) is 0.929. The Balaban J connectivity index is 1.37. The number of para-hydroxylation sites is 1. The van der Waals surface area contributed by atoms with E-state index in [2.05, 4.69) is 20.2 Å². The van der Waals surface area contributed by atoms with Crippen molar-refractivity contribution in [3.8, 4) is 5.75 Å². The van der Waals surface area contributed by atoms with Crippen LogP contribution in [0.2, 0.25) is 5.15 Å². The Morgan fingerprint density at radius 2 is 1.69 bits per heavy atom. The summed E-state index contributed by atoms with van der Waals surface area (Å²) in [4.78, 5) is 12.5. The highest BCUT2D eigenvalue weighted by atomic mass is 35.5. The second-order valence-corrected chi connectivity index (χ2v) is 9.67. The predicted octanol–water partition coefficient (Wildman–Crippen LogP) is 4.97. The Kier molecular flexibility index (Phi) is 7.04. The van der Waals surface area contributed by atoms with Gasteiger partial charge in [0.25, 0.3) is 15.9 Å². The molecule has 0 spiro atoms. The van der Waals surface area contributed by atoms with E-state index in [0.717, 1.165) is 16.9 Å². The molecule has 35 heavy (non-hydrogen) atoms. The van der Waals surface area contributed by atoms with Crippen LogP contribution in [0.4, 0.5) is 11.5 Å². The van der Waals surface area contributed by atoms with Gasteiger partial charge in [0, 0.05) is 5.69 Å². The molecule has 2 heterocycles. The number of hydrogen-bond acceptors (Lipinski definition) is 7. The van der Waals surface area contributed by atoms with Crippen LogP contribution < -0.4 is 14.8 Å². The molecule has 2 aromatic heterocycles. The molecule has 9 nitrogen and oxygen atoms in total. The first-order chi connectivity index (χ1) is 16.7. The molecule has 1 amide bonds. The minimum atomic E-state index is -3.90. The van der Waals surface area contributed by atoms with E-state index in [1.165, 1.54) is 36.4 Å². The number of sulfonamides is 1. The van der Waals surface area contributed by atoms with Crippen molar-refractivity contribution >= 4 is 39.0 Å². The molecule has 0 aliphatic rings. The van der Waals surface area contributed by atoms with Crippen molar-refractivity contribution in [3.63, 3.8) is 0 Å². The summed E-state index contributed by atoms with van der Waals surface area (Å²) < 4.78 is 38.8. The number of benzene rings is 2. The van der Waals surface area contributed by atoms with Gasteiger partial charge in [0.05, 0.1) is 4.90 Å². The van der Waals surface area contributed by atoms with Crippen LogP contribution >= 0.6 is 11.6 Å². The highest BCUT2D eigenvalue weighted by Gasteiger charge is 2.17. The van der Waals surface area contributed by atoms with Crippen molar-refractivity contribution in [3.05, 3.63) is 94.5 Å². The number of furan rings is 1. The van der Waals surface area contributed by atoms with Crippen LogP contribution in [-0.4, -0.2) is 24.5 Å². The number of ether oxygens (including phenoxy) is 1. The Morgan fingerprint density at radius 1 is 0.971 bits per heavy atom. The summed E-state index contributed by atoms with van der Waals surface area (Å²) in [7, 11) is -3.90. The number of hydrogen-bond donors (Lipinski definition) is 2. The molecule has 0 fully saturated rings. The van der Waals surface area contributed by atoms with Crippen LogP contribution in [0.5, 0.6) is 5.75 Å². The molecule has 4 aromatic rings. The Labute approximate surface area is 207 Å². The van der Waals surface area contributed by atoms with E-state index in [0.29, 0.717) is 11.4 Å². The summed E-state index contributed by atoms with van der Waals surface area (Å²) in [5.41, 5.74) is 2.41. The molecule has 0 saturated heterocycles. The van der Waals surface area contributed by atoms with E-state index in [1.54, 1.807) is 12.1 Å². The number of nitrogens with zero attached hydrogens (tertiary/aromatic N) is 2. The van der Waals surface area contributed by atoms with E-state index in [-0.39, 0.29) is 28.2 Å². The molecule has 0 unspecified atom stereocenters. The molecule has 0 saturated carbocycles. The van der Waals surface area contributed by atoms with Gasteiger partial charge < -0.3 is 14.5 Å². The smallest absolute Gasteiger partial charge is 0.291 e. The third-order valence-corrected chi connectivity index (χ3v) is 6.52. The maximum atomic E-state index is 12.6. The van der Waals surface area contributed by atoms with Gasteiger partial charge in [-0.25, -0.2) is 8.42 Å². The first kappa shape index (κ1) is 24.2. The predicted molar refractivity (Wildman–Crippen MR) is 131 cm³/mol. The molecule has 4 rings (SSSR count). The summed E-state index contributed by atoms with van der Waals surface area (Å²) in [5, 5.41) is 10.1. The van der Waals surface area contributed by atoms with Crippen LogP contribution in [0.3, 0.4) is 0 Å². The van der Waals surface area contributed by atoms with Gasteiger partial charge in [0.2, 0.25) is 0 Å². The van der Waals surface area contributed by atoms with Gasteiger partial charge in [-0.2, -0.15) is 0 Å². The molecule has 180 valence electrons. The second-order valence-electron chi connectivity index (χ2n) is 7.60. The molecule has 2 aromatic carbocycles. The number of rotatable bonds is 8. The van der Waals surface area contributed by atoms with Crippen molar-refractivity contribution in [1.29, 1.82) is 0 Å². The van der Waals surface area contributed by atoms with Gasteiger partial charge in [-0.3, -0.25) is 9.52 Å². The Morgan fingerprint density at radius 3 is 2.34 bits per heavy atom. The minimum Gasteiger partial charge on any atom is -0.485 e. The van der Waals surface area contributed by atoms with Gasteiger partial charge in [-0.1, -0.05) is 29.8 Å². The average Bonchev–Trinajstić information content (AvgIpc) is 3.30. The van der Waals surface area contributed by atoms with Crippen LogP contribution in [-0.2, 0) is 16.6 Å². The number of amides is 1. The molecule has 2 N–H and O–H groups in total. The van der Waals surface area contributed by atoms with Gasteiger partial charge >= 0.3 is 0 Å². The van der Waals surface area contributed by atoms with Gasteiger partial charge in [0.15, 0.2) is 16.7 Å². The zero-order valence-corrected chi connectivity index (χ0v) is 20.4. The summed E-state index contributed by atoms with van der Waals surface area (Å²) in [6.07, 6.45) is 0. The molecular weight excluding hydrogens is 492 g/mol. The summed E-state index contributed by atoms with van der Waals surface area (Å²) in [6.45, 7) is 4.10. The van der Waals surface area contributed by atoms with E-state index in [4.69, 9.17) is 20.8 Å². The quantitative estimate of drug-likeness (QED) is 0.341. The fourth-order valence-corrected chi connectivity index (χ4v) is 4.32. The molecule has 0 bridgehead atoms. The van der Waals surface area contributed by atoms with E-state index in [9.17, 15) is 13.2 Å². The number of carbonyl (C=O) groups is 1. The topological polar surface area (TPSA) is 123 Å². The second kappa shape index (κ2) is 10.2. The van der Waals surface area contributed by atoms with Crippen molar-refractivity contribution in [2.75, 3.05) is 10.0 Å². The van der Waals surface area contributed by atoms with E-state index >= 15 is 0 Å². The van der Waals surface area contributed by atoms with Crippen molar-refractivity contribution in [2.45, 2.75) is 25.3 Å². The number of aromatic nitrogens is 2. The molecular formula is C24H21ClN4O5S. The van der Waals surface area contributed by atoms with E-state index < -0.39 is 15.9 Å². The summed E-state index contributed by atoms with van der Waals surface area (Å²) in [6, 6.07) is 17.6.